The molecule has 0 spiro atoms. The Morgan fingerprint density at radius 3 is 2.62 bits per heavy atom. The molecule has 0 amide bonds. The van der Waals surface area contributed by atoms with E-state index in [0.717, 1.165) is 60.0 Å². The second-order valence-corrected chi connectivity index (χ2v) is 6.70. The molecule has 5 nitrogen and oxygen atoms in total. The number of hydrogen-bond donors (Lipinski definition) is 0. The lowest BCUT2D eigenvalue weighted by Crippen LogP contribution is -2.36. The van der Waals surface area contributed by atoms with Gasteiger partial charge in [0.2, 0.25) is 6.79 Å². The molecule has 3 aromatic rings. The molecule has 0 aliphatic carbocycles. The molecule has 0 radical (unpaired) electrons. The second-order valence-electron chi connectivity index (χ2n) is 6.70. The molecule has 3 heterocycles. The van der Waals surface area contributed by atoms with Crippen LogP contribution in [-0.4, -0.2) is 38.1 Å². The maximum absolute atomic E-state index is 5.51. The molecule has 2 aliphatic heterocycles. The highest BCUT2D eigenvalue weighted by Gasteiger charge is 2.17. The van der Waals surface area contributed by atoms with Gasteiger partial charge in [-0.3, -0.25) is 0 Å². The predicted octanol–water partition coefficient (Wildman–Crippen LogP) is 3.78. The number of aryl methyl sites for hydroxylation is 1. The van der Waals surface area contributed by atoms with Crippen molar-refractivity contribution in [1.82, 2.24) is 4.98 Å². The molecule has 5 rings (SSSR count). The first-order valence-electron chi connectivity index (χ1n) is 8.92. The summed E-state index contributed by atoms with van der Waals surface area (Å²) in [4.78, 5) is 7.25. The molecule has 1 saturated heterocycles. The van der Waals surface area contributed by atoms with Crippen molar-refractivity contribution in [3.8, 4) is 22.8 Å². The van der Waals surface area contributed by atoms with Crippen molar-refractivity contribution in [2.75, 3.05) is 38.0 Å². The fourth-order valence-electron chi connectivity index (χ4n) is 3.62. The van der Waals surface area contributed by atoms with Gasteiger partial charge in [-0.25, -0.2) is 4.98 Å². The Balaban J connectivity index is 1.57. The molecule has 0 atom stereocenters. The van der Waals surface area contributed by atoms with Gasteiger partial charge in [0.25, 0.3) is 0 Å². The lowest BCUT2D eigenvalue weighted by Gasteiger charge is -2.29. The average molecular weight is 348 g/mol. The topological polar surface area (TPSA) is 43.8 Å². The zero-order chi connectivity index (χ0) is 17.5. The summed E-state index contributed by atoms with van der Waals surface area (Å²) in [7, 11) is 0. The number of benzene rings is 2. The predicted molar refractivity (Wildman–Crippen MR) is 101 cm³/mol. The molecular weight excluding hydrogens is 328 g/mol. The van der Waals surface area contributed by atoms with E-state index in [0.29, 0.717) is 0 Å². The van der Waals surface area contributed by atoms with Gasteiger partial charge in [0.15, 0.2) is 11.5 Å². The van der Waals surface area contributed by atoms with Crippen molar-refractivity contribution in [3.63, 3.8) is 0 Å². The summed E-state index contributed by atoms with van der Waals surface area (Å²) in [5, 5.41) is 1.10. The van der Waals surface area contributed by atoms with E-state index in [1.165, 1.54) is 11.3 Å². The summed E-state index contributed by atoms with van der Waals surface area (Å²) in [6.07, 6.45) is 0. The number of nitrogens with zero attached hydrogens (tertiary/aromatic N) is 2. The van der Waals surface area contributed by atoms with Gasteiger partial charge in [0, 0.05) is 35.8 Å². The third-order valence-electron chi connectivity index (χ3n) is 5.03. The van der Waals surface area contributed by atoms with Crippen LogP contribution in [0.15, 0.2) is 42.5 Å². The zero-order valence-corrected chi connectivity index (χ0v) is 14.7. The second kappa shape index (κ2) is 6.18. The van der Waals surface area contributed by atoms with Crippen molar-refractivity contribution in [2.45, 2.75) is 6.92 Å². The van der Waals surface area contributed by atoms with Gasteiger partial charge in [-0.1, -0.05) is 12.1 Å². The average Bonchev–Trinajstić information content (AvgIpc) is 3.15. The number of rotatable bonds is 2. The van der Waals surface area contributed by atoms with Crippen LogP contribution in [0.2, 0.25) is 0 Å². The van der Waals surface area contributed by atoms with E-state index in [1.54, 1.807) is 0 Å². The van der Waals surface area contributed by atoms with Crippen LogP contribution >= 0.6 is 0 Å². The summed E-state index contributed by atoms with van der Waals surface area (Å²) >= 11 is 0. The fraction of sp³-hybridized carbons (Fsp3) is 0.286. The standard InChI is InChI=1S/C21H20N2O3/c1-14-9-18(22-19-12-21-20(11-17(14)19)25-13-26-21)15-3-2-4-16(10-15)23-5-7-24-8-6-23/h2-4,9-12H,5-8,13H2,1H3. The van der Waals surface area contributed by atoms with E-state index in [4.69, 9.17) is 19.2 Å². The van der Waals surface area contributed by atoms with Crippen molar-refractivity contribution < 1.29 is 14.2 Å². The van der Waals surface area contributed by atoms with Crippen LogP contribution in [0.25, 0.3) is 22.2 Å². The Morgan fingerprint density at radius 2 is 1.77 bits per heavy atom. The largest absolute Gasteiger partial charge is 0.454 e. The van der Waals surface area contributed by atoms with E-state index in [1.807, 2.05) is 12.1 Å². The van der Waals surface area contributed by atoms with Crippen molar-refractivity contribution in [2.24, 2.45) is 0 Å². The quantitative estimate of drug-likeness (QED) is 0.705. The van der Waals surface area contributed by atoms with E-state index in [-0.39, 0.29) is 6.79 Å². The number of morpholine rings is 1. The van der Waals surface area contributed by atoms with Crippen LogP contribution in [0.4, 0.5) is 5.69 Å². The van der Waals surface area contributed by atoms with Gasteiger partial charge >= 0.3 is 0 Å². The molecule has 132 valence electrons. The van der Waals surface area contributed by atoms with Crippen LogP contribution in [-0.2, 0) is 4.74 Å². The Bertz CT molecular complexity index is 980. The third kappa shape index (κ3) is 2.65. The normalized spacial score (nSPS) is 16.3. The summed E-state index contributed by atoms with van der Waals surface area (Å²) in [5.41, 5.74) is 5.43. The summed E-state index contributed by atoms with van der Waals surface area (Å²) < 4.78 is 16.5. The van der Waals surface area contributed by atoms with Gasteiger partial charge in [-0.05, 0) is 36.8 Å². The van der Waals surface area contributed by atoms with E-state index in [2.05, 4.69) is 42.2 Å². The Hall–Kier alpha value is -2.79. The Morgan fingerprint density at radius 1 is 0.962 bits per heavy atom. The van der Waals surface area contributed by atoms with Crippen LogP contribution in [0.3, 0.4) is 0 Å². The highest BCUT2D eigenvalue weighted by atomic mass is 16.7. The first-order valence-corrected chi connectivity index (χ1v) is 8.92. The maximum atomic E-state index is 5.51. The number of ether oxygens (including phenoxy) is 3. The highest BCUT2D eigenvalue weighted by molar-refractivity contribution is 5.88. The van der Waals surface area contributed by atoms with Gasteiger partial charge in [0.1, 0.15) is 0 Å². The van der Waals surface area contributed by atoms with Crippen molar-refractivity contribution in [3.05, 3.63) is 48.0 Å². The molecule has 0 saturated carbocycles. The SMILES string of the molecule is Cc1cc(-c2cccc(N3CCOCC3)c2)nc2cc3c(cc12)OCO3. The molecule has 2 aromatic carbocycles. The van der Waals surface area contributed by atoms with Gasteiger partial charge in [0.05, 0.1) is 24.4 Å². The number of fused-ring (bicyclic) bond motifs is 2. The molecule has 1 aromatic heterocycles. The van der Waals surface area contributed by atoms with Gasteiger partial charge < -0.3 is 19.1 Å². The number of hydrogen-bond acceptors (Lipinski definition) is 5. The van der Waals surface area contributed by atoms with E-state index < -0.39 is 0 Å². The number of pyridine rings is 1. The van der Waals surface area contributed by atoms with Gasteiger partial charge in [-0.15, -0.1) is 0 Å². The number of anilines is 1. The molecule has 0 bridgehead atoms. The Kier molecular flexibility index (Phi) is 3.68. The summed E-state index contributed by atoms with van der Waals surface area (Å²) in [6, 6.07) is 14.7. The molecule has 0 unspecified atom stereocenters. The van der Waals surface area contributed by atoms with Crippen molar-refractivity contribution >= 4 is 16.6 Å². The lowest BCUT2D eigenvalue weighted by molar-refractivity contribution is 0.122. The monoisotopic (exact) mass is 348 g/mol. The first-order chi connectivity index (χ1) is 12.8. The van der Waals surface area contributed by atoms with Crippen LogP contribution in [0, 0.1) is 6.92 Å². The summed E-state index contributed by atoms with van der Waals surface area (Å²) in [6.45, 7) is 5.81. The minimum Gasteiger partial charge on any atom is -0.454 e. The van der Waals surface area contributed by atoms with E-state index in [9.17, 15) is 0 Å². The number of aromatic nitrogens is 1. The van der Waals surface area contributed by atoms with Gasteiger partial charge in [-0.2, -0.15) is 0 Å². The summed E-state index contributed by atoms with van der Waals surface area (Å²) in [5.74, 6) is 1.56. The zero-order valence-electron chi connectivity index (χ0n) is 14.7. The molecule has 26 heavy (non-hydrogen) atoms. The Labute approximate surface area is 152 Å². The van der Waals surface area contributed by atoms with E-state index >= 15 is 0 Å². The third-order valence-corrected chi connectivity index (χ3v) is 5.03. The molecule has 2 aliphatic rings. The molecular formula is C21H20N2O3. The van der Waals surface area contributed by atoms with Crippen molar-refractivity contribution in [1.29, 1.82) is 0 Å². The molecule has 5 heteroatoms. The van der Waals surface area contributed by atoms with Crippen LogP contribution in [0.1, 0.15) is 5.56 Å². The van der Waals surface area contributed by atoms with Crippen LogP contribution < -0.4 is 14.4 Å². The highest BCUT2D eigenvalue weighted by Crippen LogP contribution is 2.37. The lowest BCUT2D eigenvalue weighted by atomic mass is 10.0. The smallest absolute Gasteiger partial charge is 0.231 e. The minimum atomic E-state index is 0.277. The first kappa shape index (κ1) is 15.5. The molecule has 0 N–H and O–H groups in total. The minimum absolute atomic E-state index is 0.277. The fourth-order valence-corrected chi connectivity index (χ4v) is 3.62. The van der Waals surface area contributed by atoms with Crippen LogP contribution in [0.5, 0.6) is 11.5 Å². The maximum Gasteiger partial charge on any atom is 0.231 e. The molecule has 1 fully saturated rings.